The van der Waals surface area contributed by atoms with Gasteiger partial charge >= 0.3 is 0 Å². The molecule has 0 aliphatic heterocycles. The van der Waals surface area contributed by atoms with Crippen molar-refractivity contribution in [2.24, 2.45) is 5.92 Å². The van der Waals surface area contributed by atoms with Crippen molar-refractivity contribution in [1.29, 1.82) is 0 Å². The average Bonchev–Trinajstić information content (AvgIpc) is 1.89. The SMILES string of the molecule is CCCCCC(C)CO[SiH3]. The highest BCUT2D eigenvalue weighted by molar-refractivity contribution is 5.97. The third kappa shape index (κ3) is 6.30. The van der Waals surface area contributed by atoms with Gasteiger partial charge in [-0.25, -0.2) is 0 Å². The molecular weight excluding hydrogens is 140 g/mol. The van der Waals surface area contributed by atoms with Crippen LogP contribution in [0.5, 0.6) is 0 Å². The standard InChI is InChI=1S/C8H20OSi/c1-3-4-5-6-8(2)7-9-10/h8H,3-7H2,1-2,10H3. The van der Waals surface area contributed by atoms with E-state index in [9.17, 15) is 0 Å². The molecule has 0 aliphatic carbocycles. The van der Waals surface area contributed by atoms with E-state index in [0.29, 0.717) is 0 Å². The van der Waals surface area contributed by atoms with Crippen molar-refractivity contribution in [2.45, 2.75) is 39.5 Å². The lowest BCUT2D eigenvalue weighted by Crippen LogP contribution is -2.03. The van der Waals surface area contributed by atoms with Crippen LogP contribution in [0.15, 0.2) is 0 Å². The van der Waals surface area contributed by atoms with Gasteiger partial charge in [0.25, 0.3) is 0 Å². The van der Waals surface area contributed by atoms with Gasteiger partial charge in [0, 0.05) is 6.61 Å². The third-order valence-corrected chi connectivity index (χ3v) is 2.08. The zero-order valence-corrected chi connectivity index (χ0v) is 9.52. The van der Waals surface area contributed by atoms with Gasteiger partial charge in [0.2, 0.25) is 0 Å². The minimum atomic E-state index is 0.782. The molecule has 0 saturated heterocycles. The molecule has 0 aliphatic rings. The highest BCUT2D eigenvalue weighted by atomic mass is 28.2. The summed E-state index contributed by atoms with van der Waals surface area (Å²) >= 11 is 0. The second-order valence-corrected chi connectivity index (χ2v) is 3.63. The molecule has 0 rings (SSSR count). The van der Waals surface area contributed by atoms with Crippen LogP contribution in [0.3, 0.4) is 0 Å². The Morgan fingerprint density at radius 3 is 2.60 bits per heavy atom. The lowest BCUT2D eigenvalue weighted by Gasteiger charge is -2.08. The number of rotatable bonds is 6. The van der Waals surface area contributed by atoms with Gasteiger partial charge in [-0.05, 0) is 12.3 Å². The molecule has 0 heterocycles. The van der Waals surface area contributed by atoms with Crippen LogP contribution in [0.4, 0.5) is 0 Å². The van der Waals surface area contributed by atoms with Crippen LogP contribution < -0.4 is 0 Å². The van der Waals surface area contributed by atoms with Gasteiger partial charge in [0.05, 0.1) is 0 Å². The first-order valence-electron chi connectivity index (χ1n) is 4.30. The van der Waals surface area contributed by atoms with E-state index < -0.39 is 0 Å². The van der Waals surface area contributed by atoms with Gasteiger partial charge in [0.1, 0.15) is 10.5 Å². The molecule has 0 fully saturated rings. The second kappa shape index (κ2) is 7.29. The molecule has 0 radical (unpaired) electrons. The average molecular weight is 160 g/mol. The van der Waals surface area contributed by atoms with Gasteiger partial charge in [-0.1, -0.05) is 33.1 Å². The van der Waals surface area contributed by atoms with E-state index in [1.165, 1.54) is 25.7 Å². The third-order valence-electron chi connectivity index (χ3n) is 1.75. The van der Waals surface area contributed by atoms with E-state index in [-0.39, 0.29) is 0 Å². The van der Waals surface area contributed by atoms with Crippen LogP contribution >= 0.6 is 0 Å². The predicted molar refractivity (Wildman–Crippen MR) is 49.2 cm³/mol. The van der Waals surface area contributed by atoms with Gasteiger partial charge < -0.3 is 4.43 Å². The molecule has 0 spiro atoms. The number of hydrogen-bond donors (Lipinski definition) is 0. The van der Waals surface area contributed by atoms with Crippen molar-refractivity contribution in [3.8, 4) is 0 Å². The fourth-order valence-corrected chi connectivity index (χ4v) is 1.68. The Labute approximate surface area is 67.7 Å². The minimum absolute atomic E-state index is 0.782. The first kappa shape index (κ1) is 10.2. The van der Waals surface area contributed by atoms with E-state index in [1.54, 1.807) is 0 Å². The number of hydrogen-bond acceptors (Lipinski definition) is 1. The Balaban J connectivity index is 2.97. The van der Waals surface area contributed by atoms with Crippen molar-refractivity contribution < 1.29 is 4.43 Å². The molecule has 0 saturated carbocycles. The van der Waals surface area contributed by atoms with Crippen LogP contribution in [-0.4, -0.2) is 17.1 Å². The molecule has 1 atom stereocenters. The summed E-state index contributed by atoms with van der Waals surface area (Å²) in [5, 5.41) is 0. The van der Waals surface area contributed by atoms with Crippen LogP contribution in [0.25, 0.3) is 0 Å². The van der Waals surface area contributed by atoms with Crippen LogP contribution in [0, 0.1) is 5.92 Å². The van der Waals surface area contributed by atoms with Crippen molar-refractivity contribution in [1.82, 2.24) is 0 Å². The Bertz CT molecular complexity index is 66.3. The van der Waals surface area contributed by atoms with Crippen LogP contribution in [0.2, 0.25) is 0 Å². The van der Waals surface area contributed by atoms with E-state index >= 15 is 0 Å². The predicted octanol–water partition coefficient (Wildman–Crippen LogP) is 1.50. The van der Waals surface area contributed by atoms with E-state index in [2.05, 4.69) is 13.8 Å². The lowest BCUT2D eigenvalue weighted by molar-refractivity contribution is 0.269. The summed E-state index contributed by atoms with van der Waals surface area (Å²) in [5.41, 5.74) is 0. The summed E-state index contributed by atoms with van der Waals surface area (Å²) < 4.78 is 5.17. The quantitative estimate of drug-likeness (QED) is 0.423. The van der Waals surface area contributed by atoms with Crippen molar-refractivity contribution in [3.05, 3.63) is 0 Å². The molecule has 0 aromatic heterocycles. The van der Waals surface area contributed by atoms with Gasteiger partial charge in [-0.15, -0.1) is 0 Å². The first-order valence-corrected chi connectivity index (χ1v) is 5.11. The maximum absolute atomic E-state index is 5.17. The maximum atomic E-state index is 5.17. The smallest absolute Gasteiger partial charge is 0.145 e. The Morgan fingerprint density at radius 1 is 1.40 bits per heavy atom. The summed E-state index contributed by atoms with van der Waals surface area (Å²) in [6.45, 7) is 5.50. The zero-order chi connectivity index (χ0) is 7.82. The molecule has 0 aromatic rings. The molecular formula is C8H20OSi. The topological polar surface area (TPSA) is 9.23 Å². The first-order chi connectivity index (χ1) is 4.81. The zero-order valence-electron chi connectivity index (χ0n) is 7.52. The number of unbranched alkanes of at least 4 members (excludes halogenated alkanes) is 2. The van der Waals surface area contributed by atoms with Crippen molar-refractivity contribution in [3.63, 3.8) is 0 Å². The summed E-state index contributed by atoms with van der Waals surface area (Å²) in [6.07, 6.45) is 5.43. The Morgan fingerprint density at radius 2 is 2.10 bits per heavy atom. The molecule has 2 heteroatoms. The second-order valence-electron chi connectivity index (χ2n) is 3.06. The van der Waals surface area contributed by atoms with Crippen molar-refractivity contribution >= 4 is 10.5 Å². The molecule has 0 N–H and O–H groups in total. The van der Waals surface area contributed by atoms with Crippen LogP contribution in [-0.2, 0) is 4.43 Å². The summed E-state index contributed by atoms with van der Waals surface area (Å²) in [7, 11) is 0.896. The highest BCUT2D eigenvalue weighted by Gasteiger charge is 1.98. The monoisotopic (exact) mass is 160 g/mol. The van der Waals surface area contributed by atoms with Gasteiger partial charge in [-0.3, -0.25) is 0 Å². The maximum Gasteiger partial charge on any atom is 0.145 e. The molecule has 10 heavy (non-hydrogen) atoms. The molecule has 0 aromatic carbocycles. The Hall–Kier alpha value is 0.177. The molecule has 62 valence electrons. The fourth-order valence-electron chi connectivity index (χ4n) is 1.11. The Kier molecular flexibility index (Phi) is 7.41. The molecule has 0 bridgehead atoms. The van der Waals surface area contributed by atoms with Crippen LogP contribution in [0.1, 0.15) is 39.5 Å². The van der Waals surface area contributed by atoms with Gasteiger partial charge in [-0.2, -0.15) is 0 Å². The molecule has 1 nitrogen and oxygen atoms in total. The van der Waals surface area contributed by atoms with Gasteiger partial charge in [0.15, 0.2) is 0 Å². The highest BCUT2D eigenvalue weighted by Crippen LogP contribution is 2.08. The normalized spacial score (nSPS) is 13.8. The lowest BCUT2D eigenvalue weighted by atomic mass is 10.0. The van der Waals surface area contributed by atoms with E-state index in [4.69, 9.17) is 4.43 Å². The largest absolute Gasteiger partial charge is 0.428 e. The van der Waals surface area contributed by atoms with E-state index in [1.807, 2.05) is 0 Å². The minimum Gasteiger partial charge on any atom is -0.428 e. The molecule has 1 unspecified atom stereocenters. The van der Waals surface area contributed by atoms with E-state index in [0.717, 1.165) is 23.0 Å². The fraction of sp³-hybridized carbons (Fsp3) is 1.00. The van der Waals surface area contributed by atoms with Crippen molar-refractivity contribution in [2.75, 3.05) is 6.61 Å². The molecule has 0 amide bonds. The summed E-state index contributed by atoms with van der Waals surface area (Å²) in [4.78, 5) is 0. The summed E-state index contributed by atoms with van der Waals surface area (Å²) in [6, 6.07) is 0. The summed E-state index contributed by atoms with van der Waals surface area (Å²) in [5.74, 6) is 0.782.